The maximum Gasteiger partial charge on any atom is 1.00 e. The molecule has 0 aromatic heterocycles. The van der Waals surface area contributed by atoms with E-state index in [1.54, 1.807) is 0 Å². The Labute approximate surface area is 112 Å². The number of rotatable bonds is 1. The average molecular weight is 237 g/mol. The van der Waals surface area contributed by atoms with E-state index >= 15 is 0 Å². The van der Waals surface area contributed by atoms with Gasteiger partial charge in [-0.3, -0.25) is 0 Å². The Kier molecular flexibility index (Phi) is 5.01. The zero-order valence-electron chi connectivity index (χ0n) is 13.1. The Morgan fingerprint density at radius 1 is 1.00 bits per heavy atom. The van der Waals surface area contributed by atoms with Gasteiger partial charge in [-0.15, -0.1) is 0 Å². The van der Waals surface area contributed by atoms with Gasteiger partial charge in [0.1, 0.15) is 16.5 Å². The molecular formula is C11H28LiNSi2. The van der Waals surface area contributed by atoms with E-state index in [9.17, 15) is 0 Å². The molecule has 1 fully saturated rings. The number of hydrogen-bond donors (Lipinski definition) is 0. The minimum absolute atomic E-state index is 0. The zero-order chi connectivity index (χ0) is 11.2. The quantitative estimate of drug-likeness (QED) is 0.612. The van der Waals surface area contributed by atoms with Crippen molar-refractivity contribution in [3.8, 4) is 0 Å². The second-order valence-corrected chi connectivity index (χ2v) is 17.0. The van der Waals surface area contributed by atoms with E-state index in [2.05, 4.69) is 51.2 Å². The summed E-state index contributed by atoms with van der Waals surface area (Å²) >= 11 is 0. The normalized spacial score (nSPS) is 25.0. The Morgan fingerprint density at radius 3 is 1.60 bits per heavy atom. The molecule has 1 saturated heterocycles. The molecule has 1 nitrogen and oxygen atoms in total. The fraction of sp³-hybridized carbons (Fsp3) is 1.00. The van der Waals surface area contributed by atoms with E-state index < -0.39 is 16.5 Å². The van der Waals surface area contributed by atoms with Gasteiger partial charge >= 0.3 is 18.9 Å². The van der Waals surface area contributed by atoms with E-state index in [0.29, 0.717) is 5.41 Å². The molecule has 0 aromatic carbocycles. The molecule has 0 radical (unpaired) electrons. The van der Waals surface area contributed by atoms with Crippen molar-refractivity contribution >= 4 is 16.5 Å². The first-order valence-electron chi connectivity index (χ1n) is 5.82. The van der Waals surface area contributed by atoms with Crippen molar-refractivity contribution < 1.29 is 20.3 Å². The Balaban J connectivity index is 0. The van der Waals surface area contributed by atoms with Gasteiger partial charge in [0, 0.05) is 0 Å². The van der Waals surface area contributed by atoms with Crippen molar-refractivity contribution in [2.24, 2.45) is 5.41 Å². The van der Waals surface area contributed by atoms with Crippen LogP contribution in [0, 0.1) is 5.41 Å². The van der Waals surface area contributed by atoms with Crippen LogP contribution in [0.25, 0.3) is 0 Å². The summed E-state index contributed by atoms with van der Waals surface area (Å²) in [4.78, 5) is 0. The Bertz CT molecular complexity index is 211. The first-order chi connectivity index (χ1) is 6.05. The van der Waals surface area contributed by atoms with Gasteiger partial charge in [-0.1, -0.05) is 47.0 Å². The molecule has 1 aliphatic heterocycles. The van der Waals surface area contributed by atoms with Crippen molar-refractivity contribution in [2.45, 2.75) is 59.0 Å². The van der Waals surface area contributed by atoms with E-state index in [-0.39, 0.29) is 20.3 Å². The van der Waals surface area contributed by atoms with Gasteiger partial charge < -0.3 is 5.66 Å². The third kappa shape index (κ3) is 4.05. The second-order valence-electron chi connectivity index (χ2n) is 7.27. The summed E-state index contributed by atoms with van der Waals surface area (Å²) in [5.74, 6) is 0. The number of nitrogens with zero attached hydrogens (tertiary/aromatic N) is 1. The van der Waals surface area contributed by atoms with Crippen molar-refractivity contribution in [3.05, 3.63) is 0 Å². The number of hydrogen-bond acceptors (Lipinski definition) is 1. The molecule has 0 amide bonds. The summed E-state index contributed by atoms with van der Waals surface area (Å²) in [7, 11) is -2.04. The molecule has 1 rings (SSSR count). The molecule has 4 heteroatoms. The maximum atomic E-state index is 2.97. The van der Waals surface area contributed by atoms with Crippen LogP contribution >= 0.6 is 0 Å². The molecule has 15 heavy (non-hydrogen) atoms. The average Bonchev–Trinajstić information content (AvgIpc) is 2.10. The molecule has 1 heterocycles. The fourth-order valence-corrected chi connectivity index (χ4v) is 17.1. The fourth-order valence-electron chi connectivity index (χ4n) is 2.60. The molecule has 0 bridgehead atoms. The zero-order valence-corrected chi connectivity index (χ0v) is 14.1. The van der Waals surface area contributed by atoms with Gasteiger partial charge in [0.25, 0.3) is 0 Å². The van der Waals surface area contributed by atoms with Crippen LogP contribution in [0.3, 0.4) is 0 Å². The van der Waals surface area contributed by atoms with Crippen LogP contribution in [0.5, 0.6) is 0 Å². The molecule has 0 N–H and O–H groups in total. The van der Waals surface area contributed by atoms with Crippen LogP contribution in [0.15, 0.2) is 0 Å². The molecule has 0 aliphatic carbocycles. The first-order valence-corrected chi connectivity index (χ1v) is 12.1. The van der Waals surface area contributed by atoms with Crippen LogP contribution in [-0.4, -0.2) is 27.2 Å². The summed E-state index contributed by atoms with van der Waals surface area (Å²) in [6, 6.07) is 3.06. The van der Waals surface area contributed by atoms with E-state index in [0.717, 1.165) is 0 Å². The predicted octanol–water partition coefficient (Wildman–Crippen LogP) is 0.875. The van der Waals surface area contributed by atoms with Crippen LogP contribution in [0.1, 0.15) is 22.2 Å². The Hall–Kier alpha value is 0.991. The standard InChI is InChI=1S/C11H27NSi2.Li.H/c1-11(2,3)10-12-13(4,5)8-9-14(12,6)7;;/h8-10H2,1-7H3;;/q;+1;-1. The summed E-state index contributed by atoms with van der Waals surface area (Å²) in [5, 5.41) is 0. The van der Waals surface area contributed by atoms with Gasteiger partial charge in [-0.25, -0.2) is 0 Å². The minimum atomic E-state index is -1.02. The van der Waals surface area contributed by atoms with Gasteiger partial charge in [-0.2, -0.15) is 0 Å². The third-order valence-electron chi connectivity index (χ3n) is 3.44. The van der Waals surface area contributed by atoms with Crippen molar-refractivity contribution in [1.29, 1.82) is 0 Å². The maximum absolute atomic E-state index is 2.97. The molecule has 0 spiro atoms. The summed E-state index contributed by atoms with van der Waals surface area (Å²) < 4.78 is 2.97. The van der Waals surface area contributed by atoms with Gasteiger partial charge in [-0.05, 0) is 24.0 Å². The van der Waals surface area contributed by atoms with Crippen LogP contribution in [-0.2, 0) is 0 Å². The van der Waals surface area contributed by atoms with Gasteiger partial charge in [0.05, 0.1) is 0 Å². The summed E-state index contributed by atoms with van der Waals surface area (Å²) in [5.41, 5.74) is 0.471. The SMILES string of the molecule is CC(C)(C)CN1[Si](C)(C)CC[Si]1(C)C.[H-].[Li+]. The van der Waals surface area contributed by atoms with Crippen molar-refractivity contribution in [3.63, 3.8) is 0 Å². The Morgan fingerprint density at radius 2 is 1.33 bits per heavy atom. The molecule has 86 valence electrons. The monoisotopic (exact) mass is 237 g/mol. The molecule has 1 aliphatic rings. The predicted molar refractivity (Wildman–Crippen MR) is 71.9 cm³/mol. The molecule has 0 atom stereocenters. The van der Waals surface area contributed by atoms with Gasteiger partial charge in [0.15, 0.2) is 0 Å². The molecule has 0 saturated carbocycles. The van der Waals surface area contributed by atoms with Crippen LogP contribution < -0.4 is 18.9 Å². The smallest absolute Gasteiger partial charge is 1.00 e. The first kappa shape index (κ1) is 16.0. The van der Waals surface area contributed by atoms with E-state index in [1.165, 1.54) is 18.6 Å². The summed E-state index contributed by atoms with van der Waals surface area (Å²) in [6.45, 7) is 18.7. The molecule has 0 aromatic rings. The second kappa shape index (κ2) is 4.70. The minimum Gasteiger partial charge on any atom is -1.00 e. The largest absolute Gasteiger partial charge is 1.00 e. The van der Waals surface area contributed by atoms with Crippen molar-refractivity contribution in [1.82, 2.24) is 4.23 Å². The molecule has 0 unspecified atom stereocenters. The van der Waals surface area contributed by atoms with E-state index in [4.69, 9.17) is 0 Å². The molecular weight excluding hydrogens is 209 g/mol. The summed E-state index contributed by atoms with van der Waals surface area (Å²) in [6.07, 6.45) is 0. The van der Waals surface area contributed by atoms with Gasteiger partial charge in [0.2, 0.25) is 0 Å². The van der Waals surface area contributed by atoms with Crippen LogP contribution in [0.4, 0.5) is 0 Å². The van der Waals surface area contributed by atoms with Crippen molar-refractivity contribution in [2.75, 3.05) is 6.54 Å². The van der Waals surface area contributed by atoms with Crippen LogP contribution in [0.2, 0.25) is 38.3 Å². The van der Waals surface area contributed by atoms with E-state index in [1.807, 2.05) is 0 Å². The topological polar surface area (TPSA) is 3.24 Å². The third-order valence-corrected chi connectivity index (χ3v) is 13.8.